The summed E-state index contributed by atoms with van der Waals surface area (Å²) in [5.74, 6) is -3.21. The van der Waals surface area contributed by atoms with Crippen molar-refractivity contribution in [2.45, 2.75) is 39.2 Å². The van der Waals surface area contributed by atoms with E-state index in [0.717, 1.165) is 24.0 Å². The van der Waals surface area contributed by atoms with E-state index in [1.54, 1.807) is 11.0 Å². The second-order valence-electron chi connectivity index (χ2n) is 5.88. The number of carboxylic acids is 2. The molecule has 1 atom stereocenters. The minimum Gasteiger partial charge on any atom is -0.550 e. The average Bonchev–Trinajstić information content (AvgIpc) is 2.62. The fourth-order valence-corrected chi connectivity index (χ4v) is 2.90. The molecule has 1 aromatic carbocycles. The fourth-order valence-electron chi connectivity index (χ4n) is 2.90. The van der Waals surface area contributed by atoms with E-state index >= 15 is 0 Å². The van der Waals surface area contributed by atoms with E-state index in [1.807, 2.05) is 6.92 Å². The predicted octanol–water partition coefficient (Wildman–Crippen LogP) is 0.826. The van der Waals surface area contributed by atoms with E-state index in [4.69, 9.17) is 5.11 Å². The summed E-state index contributed by atoms with van der Waals surface area (Å²) in [5.41, 5.74) is 1.74. The number of amides is 1. The van der Waals surface area contributed by atoms with Gasteiger partial charge >= 0.3 is 5.97 Å². The number of carbonyl (C=O) groups excluding carboxylic acids is 2. The molecular weight excluding hydrogens is 298 g/mol. The first-order valence-electron chi connectivity index (χ1n) is 7.76. The van der Waals surface area contributed by atoms with Gasteiger partial charge in [-0.05, 0) is 42.5 Å². The molecule has 0 aliphatic carbocycles. The topological polar surface area (TPSA) is 97.7 Å². The van der Waals surface area contributed by atoms with Crippen molar-refractivity contribution < 1.29 is 24.6 Å². The lowest BCUT2D eigenvalue weighted by atomic mass is 9.93. The number of hydrogen-bond acceptors (Lipinski definition) is 4. The molecular formula is C17H20NO5-. The third kappa shape index (κ3) is 4.09. The maximum absolute atomic E-state index is 12.6. The summed E-state index contributed by atoms with van der Waals surface area (Å²) in [6.45, 7) is 2.98. The molecule has 0 bridgehead atoms. The molecule has 1 aliphatic rings. The van der Waals surface area contributed by atoms with Gasteiger partial charge in [-0.3, -0.25) is 4.79 Å². The highest BCUT2D eigenvalue weighted by Crippen LogP contribution is 2.26. The molecule has 1 heterocycles. The highest BCUT2D eigenvalue weighted by molar-refractivity contribution is 5.88. The van der Waals surface area contributed by atoms with Crippen LogP contribution in [0, 0.1) is 5.92 Å². The number of carboxylic acid groups (broad SMARTS) is 2. The zero-order valence-corrected chi connectivity index (χ0v) is 13.1. The zero-order chi connectivity index (χ0) is 17.0. The van der Waals surface area contributed by atoms with Gasteiger partial charge in [0.15, 0.2) is 0 Å². The summed E-state index contributed by atoms with van der Waals surface area (Å²) in [6.07, 6.45) is 1.65. The first-order valence-corrected chi connectivity index (χ1v) is 7.76. The van der Waals surface area contributed by atoms with Crippen LogP contribution in [0.2, 0.25) is 0 Å². The van der Waals surface area contributed by atoms with Gasteiger partial charge < -0.3 is 19.9 Å². The summed E-state index contributed by atoms with van der Waals surface area (Å²) in [5, 5.41) is 20.1. The van der Waals surface area contributed by atoms with Crippen LogP contribution in [0.1, 0.15) is 47.7 Å². The van der Waals surface area contributed by atoms with E-state index in [-0.39, 0.29) is 24.3 Å². The second-order valence-corrected chi connectivity index (χ2v) is 5.88. The first-order chi connectivity index (χ1) is 10.9. The number of carbonyl (C=O) groups is 3. The Kier molecular flexibility index (Phi) is 5.36. The van der Waals surface area contributed by atoms with Crippen molar-refractivity contribution in [2.24, 2.45) is 5.92 Å². The highest BCUT2D eigenvalue weighted by atomic mass is 16.4. The molecule has 0 saturated carbocycles. The zero-order valence-electron chi connectivity index (χ0n) is 13.1. The average molecular weight is 318 g/mol. The molecule has 0 aromatic heterocycles. The summed E-state index contributed by atoms with van der Waals surface area (Å²) in [4.78, 5) is 36.3. The largest absolute Gasteiger partial charge is 0.550 e. The van der Waals surface area contributed by atoms with Gasteiger partial charge in [0.25, 0.3) is 0 Å². The van der Waals surface area contributed by atoms with Crippen molar-refractivity contribution in [1.29, 1.82) is 0 Å². The van der Waals surface area contributed by atoms with Crippen LogP contribution in [0.4, 0.5) is 0 Å². The lowest BCUT2D eigenvalue weighted by Crippen LogP contribution is -2.38. The maximum atomic E-state index is 12.6. The molecule has 23 heavy (non-hydrogen) atoms. The minimum absolute atomic E-state index is 0.144. The summed E-state index contributed by atoms with van der Waals surface area (Å²) >= 11 is 0. The molecule has 1 unspecified atom stereocenters. The Bertz CT molecular complexity index is 625. The van der Waals surface area contributed by atoms with Crippen molar-refractivity contribution in [2.75, 3.05) is 6.54 Å². The van der Waals surface area contributed by atoms with E-state index in [0.29, 0.717) is 13.1 Å². The van der Waals surface area contributed by atoms with Crippen molar-refractivity contribution in [1.82, 2.24) is 4.90 Å². The maximum Gasteiger partial charge on any atom is 0.335 e. The molecule has 1 N–H and O–H groups in total. The fraction of sp³-hybridized carbons (Fsp3) is 0.471. The molecule has 1 aliphatic heterocycles. The standard InChI is InChI=1S/C17H21NO5/c1-2-3-6-18-10-12-5-4-11(17(22)23)7-13(12)8-14(16(18)21)9-15(19)20/h4-5,7,14H,2-3,6,8-10H2,1H3,(H,19,20)(H,22,23)/p-1. The van der Waals surface area contributed by atoms with Gasteiger partial charge in [0.05, 0.1) is 5.56 Å². The SMILES string of the molecule is CCCCN1Cc2ccc(C(=O)O)cc2CC(CC(=O)[O-])C1=O. The van der Waals surface area contributed by atoms with Gasteiger partial charge in [-0.15, -0.1) is 0 Å². The Hall–Kier alpha value is -2.37. The lowest BCUT2D eigenvalue weighted by Gasteiger charge is -2.24. The number of aromatic carboxylic acids is 1. The van der Waals surface area contributed by atoms with E-state index < -0.39 is 17.9 Å². The molecule has 0 radical (unpaired) electrons. The minimum atomic E-state index is -1.27. The number of rotatable bonds is 6. The normalized spacial score (nSPS) is 17.5. The van der Waals surface area contributed by atoms with Crippen LogP contribution in [0.25, 0.3) is 0 Å². The molecule has 6 nitrogen and oxygen atoms in total. The molecule has 2 rings (SSSR count). The summed E-state index contributed by atoms with van der Waals surface area (Å²) in [6, 6.07) is 4.77. The number of hydrogen-bond donors (Lipinski definition) is 1. The highest BCUT2D eigenvalue weighted by Gasteiger charge is 2.29. The number of aliphatic carboxylic acids is 1. The molecule has 6 heteroatoms. The Morgan fingerprint density at radius 3 is 2.70 bits per heavy atom. The lowest BCUT2D eigenvalue weighted by molar-refractivity contribution is -0.306. The van der Waals surface area contributed by atoms with Crippen LogP contribution in [0.15, 0.2) is 18.2 Å². The van der Waals surface area contributed by atoms with Gasteiger partial charge in [0.1, 0.15) is 0 Å². The van der Waals surface area contributed by atoms with Crippen LogP contribution in [0.5, 0.6) is 0 Å². The molecule has 0 spiro atoms. The Morgan fingerprint density at radius 1 is 1.35 bits per heavy atom. The Balaban J connectivity index is 2.36. The van der Waals surface area contributed by atoms with Crippen LogP contribution >= 0.6 is 0 Å². The van der Waals surface area contributed by atoms with E-state index in [2.05, 4.69) is 0 Å². The van der Waals surface area contributed by atoms with Crippen LogP contribution in [-0.2, 0) is 22.6 Å². The Labute approximate surface area is 134 Å². The van der Waals surface area contributed by atoms with Gasteiger partial charge in [0, 0.05) is 25.0 Å². The van der Waals surface area contributed by atoms with Crippen molar-refractivity contribution >= 4 is 17.8 Å². The number of benzene rings is 1. The van der Waals surface area contributed by atoms with Gasteiger partial charge in [0.2, 0.25) is 5.91 Å². The van der Waals surface area contributed by atoms with Crippen LogP contribution < -0.4 is 5.11 Å². The first kappa shape index (κ1) is 17.0. The van der Waals surface area contributed by atoms with E-state index in [9.17, 15) is 19.5 Å². The predicted molar refractivity (Wildman–Crippen MR) is 80.5 cm³/mol. The Morgan fingerprint density at radius 2 is 2.09 bits per heavy atom. The molecule has 0 saturated heterocycles. The number of fused-ring (bicyclic) bond motifs is 1. The number of nitrogens with zero attached hydrogens (tertiary/aromatic N) is 1. The monoisotopic (exact) mass is 318 g/mol. The molecule has 124 valence electrons. The third-order valence-electron chi connectivity index (χ3n) is 4.14. The third-order valence-corrected chi connectivity index (χ3v) is 4.14. The second kappa shape index (κ2) is 7.26. The smallest absolute Gasteiger partial charge is 0.335 e. The van der Waals surface area contributed by atoms with Gasteiger partial charge in [-0.2, -0.15) is 0 Å². The van der Waals surface area contributed by atoms with Crippen molar-refractivity contribution in [3.63, 3.8) is 0 Å². The van der Waals surface area contributed by atoms with E-state index in [1.165, 1.54) is 12.1 Å². The van der Waals surface area contributed by atoms with Crippen molar-refractivity contribution in [3.8, 4) is 0 Å². The molecule has 1 aromatic rings. The summed E-state index contributed by atoms with van der Waals surface area (Å²) < 4.78 is 0. The molecule has 0 fully saturated rings. The van der Waals surface area contributed by atoms with Crippen molar-refractivity contribution in [3.05, 3.63) is 34.9 Å². The summed E-state index contributed by atoms with van der Waals surface area (Å²) in [7, 11) is 0. The van der Waals surface area contributed by atoms with Crippen LogP contribution in [-0.4, -0.2) is 34.4 Å². The van der Waals surface area contributed by atoms with Crippen LogP contribution in [0.3, 0.4) is 0 Å². The number of unbranched alkanes of at least 4 members (excludes halogenated alkanes) is 1. The molecule has 1 amide bonds. The van der Waals surface area contributed by atoms with Gasteiger partial charge in [-0.25, -0.2) is 4.79 Å². The quantitative estimate of drug-likeness (QED) is 0.837. The van der Waals surface area contributed by atoms with Gasteiger partial charge in [-0.1, -0.05) is 19.4 Å².